The summed E-state index contributed by atoms with van der Waals surface area (Å²) in [6, 6.07) is 9.77. The fourth-order valence-electron chi connectivity index (χ4n) is 5.30. The van der Waals surface area contributed by atoms with Crippen molar-refractivity contribution in [2.45, 2.75) is 43.6 Å². The largest absolute Gasteiger partial charge is 0.376 e. The normalized spacial score (nSPS) is 22.9. The number of benzene rings is 2. The van der Waals surface area contributed by atoms with Gasteiger partial charge in [-0.25, -0.2) is 8.78 Å². The third kappa shape index (κ3) is 5.21. The van der Waals surface area contributed by atoms with E-state index in [-0.39, 0.29) is 56.0 Å². The fraction of sp³-hybridized carbons (Fsp3) is 0.444. The predicted octanol–water partition coefficient (Wildman–Crippen LogP) is 2.73. The van der Waals surface area contributed by atoms with Crippen LogP contribution in [0.25, 0.3) is 0 Å². The molecule has 0 unspecified atom stereocenters. The Hall–Kier alpha value is -3.37. The number of nitrogens with zero attached hydrogens (tertiary/aromatic N) is 2. The van der Waals surface area contributed by atoms with Gasteiger partial charge in [0.25, 0.3) is 11.8 Å². The molecule has 3 aliphatic rings. The van der Waals surface area contributed by atoms with Crippen molar-refractivity contribution in [2.75, 3.05) is 32.8 Å². The first-order valence-corrected chi connectivity index (χ1v) is 12.5. The molecule has 3 amide bonds. The van der Waals surface area contributed by atoms with Gasteiger partial charge >= 0.3 is 0 Å². The average Bonchev–Trinajstić information content (AvgIpc) is 3.56. The van der Waals surface area contributed by atoms with Gasteiger partial charge in [0.1, 0.15) is 23.4 Å². The third-order valence-corrected chi connectivity index (χ3v) is 7.30. The van der Waals surface area contributed by atoms with Crippen LogP contribution in [-0.4, -0.2) is 78.2 Å². The monoisotopic (exact) mass is 513 g/mol. The van der Waals surface area contributed by atoms with E-state index in [1.54, 1.807) is 4.90 Å². The second kappa shape index (κ2) is 10.5. The van der Waals surface area contributed by atoms with E-state index in [0.717, 1.165) is 18.9 Å². The Balaban J connectivity index is 1.34. The maximum atomic E-state index is 14.0. The summed E-state index contributed by atoms with van der Waals surface area (Å²) in [7, 11) is 0. The van der Waals surface area contributed by atoms with Crippen LogP contribution in [-0.2, 0) is 14.3 Å². The maximum absolute atomic E-state index is 14.0. The minimum atomic E-state index is -1.12. The summed E-state index contributed by atoms with van der Waals surface area (Å²) < 4.78 is 39.0. The van der Waals surface area contributed by atoms with Crippen LogP contribution in [0.15, 0.2) is 48.5 Å². The molecule has 1 N–H and O–H groups in total. The van der Waals surface area contributed by atoms with E-state index in [9.17, 15) is 23.2 Å². The Labute approximate surface area is 213 Å². The van der Waals surface area contributed by atoms with E-state index in [1.807, 2.05) is 0 Å². The van der Waals surface area contributed by atoms with Crippen molar-refractivity contribution in [3.05, 3.63) is 71.3 Å². The molecule has 2 atom stereocenters. The first-order chi connectivity index (χ1) is 17.9. The van der Waals surface area contributed by atoms with Gasteiger partial charge in [-0.1, -0.05) is 6.07 Å². The van der Waals surface area contributed by atoms with Crippen molar-refractivity contribution < 1.29 is 32.6 Å². The minimum absolute atomic E-state index is 0.00960. The summed E-state index contributed by atoms with van der Waals surface area (Å²) in [5, 5.41) is 2.88. The number of rotatable bonds is 5. The highest BCUT2D eigenvalue weighted by Crippen LogP contribution is 2.39. The molecule has 2 aromatic carbocycles. The van der Waals surface area contributed by atoms with E-state index >= 15 is 0 Å². The molecule has 1 spiro atoms. The molecule has 5 rings (SSSR count). The van der Waals surface area contributed by atoms with Crippen molar-refractivity contribution in [3.8, 4) is 0 Å². The predicted molar refractivity (Wildman–Crippen MR) is 129 cm³/mol. The zero-order valence-corrected chi connectivity index (χ0v) is 20.3. The summed E-state index contributed by atoms with van der Waals surface area (Å²) in [4.78, 5) is 42.9. The summed E-state index contributed by atoms with van der Waals surface area (Å²) in [5.74, 6) is -2.10. The van der Waals surface area contributed by atoms with Crippen LogP contribution in [0.3, 0.4) is 0 Å². The quantitative estimate of drug-likeness (QED) is 0.665. The lowest BCUT2D eigenvalue weighted by Gasteiger charge is -2.44. The molecule has 10 heteroatoms. The lowest BCUT2D eigenvalue weighted by atomic mass is 9.96. The highest BCUT2D eigenvalue weighted by molar-refractivity contribution is 5.98. The number of hydrogen-bond acceptors (Lipinski definition) is 5. The molecule has 3 fully saturated rings. The fourth-order valence-corrected chi connectivity index (χ4v) is 5.30. The van der Waals surface area contributed by atoms with Crippen LogP contribution in [0.4, 0.5) is 8.78 Å². The van der Waals surface area contributed by atoms with Crippen LogP contribution in [0, 0.1) is 11.6 Å². The molecule has 37 heavy (non-hydrogen) atoms. The second-order valence-electron chi connectivity index (χ2n) is 9.64. The van der Waals surface area contributed by atoms with Crippen LogP contribution in [0.2, 0.25) is 0 Å². The molecule has 3 aliphatic heterocycles. The molecule has 2 aromatic rings. The average molecular weight is 514 g/mol. The van der Waals surface area contributed by atoms with Crippen molar-refractivity contribution >= 4 is 17.7 Å². The number of halogens is 2. The van der Waals surface area contributed by atoms with E-state index < -0.39 is 29.3 Å². The molecular formula is C27H29F2N3O5. The van der Waals surface area contributed by atoms with Gasteiger partial charge in [0, 0.05) is 50.2 Å². The summed E-state index contributed by atoms with van der Waals surface area (Å²) in [5.41, 5.74) is -0.634. The molecule has 196 valence electrons. The van der Waals surface area contributed by atoms with Gasteiger partial charge in [-0.3, -0.25) is 19.3 Å². The SMILES string of the molecule is O=C(NC[C@@H]1CCCO1)[C@@H]1COC2(CCN(C(=O)c3ccc(F)cc3)CC2)N1C(=O)c1cccc(F)c1. The molecule has 0 saturated carbocycles. The summed E-state index contributed by atoms with van der Waals surface area (Å²) in [6.45, 7) is 1.53. The van der Waals surface area contributed by atoms with Gasteiger partial charge in [0.2, 0.25) is 5.91 Å². The molecule has 8 nitrogen and oxygen atoms in total. The maximum Gasteiger partial charge on any atom is 0.256 e. The molecule has 0 radical (unpaired) electrons. The Morgan fingerprint density at radius 2 is 1.73 bits per heavy atom. The van der Waals surface area contributed by atoms with Crippen LogP contribution in [0.1, 0.15) is 46.4 Å². The van der Waals surface area contributed by atoms with E-state index in [0.29, 0.717) is 18.7 Å². The number of ether oxygens (including phenoxy) is 2. The molecule has 3 saturated heterocycles. The number of likely N-dealkylation sites (tertiary alicyclic amines) is 1. The van der Waals surface area contributed by atoms with Gasteiger partial charge in [0.05, 0.1) is 12.7 Å². The number of carbonyl (C=O) groups excluding carboxylic acids is 3. The first-order valence-electron chi connectivity index (χ1n) is 12.5. The van der Waals surface area contributed by atoms with E-state index in [1.165, 1.54) is 47.4 Å². The smallest absolute Gasteiger partial charge is 0.256 e. The van der Waals surface area contributed by atoms with E-state index in [2.05, 4.69) is 5.32 Å². The lowest BCUT2D eigenvalue weighted by Crippen LogP contribution is -2.60. The number of carbonyl (C=O) groups is 3. The highest BCUT2D eigenvalue weighted by Gasteiger charge is 2.54. The molecule has 0 aliphatic carbocycles. The van der Waals surface area contributed by atoms with Gasteiger partial charge < -0.3 is 19.7 Å². The van der Waals surface area contributed by atoms with Crippen molar-refractivity contribution in [3.63, 3.8) is 0 Å². The number of hydrogen-bond donors (Lipinski definition) is 1. The first kappa shape index (κ1) is 25.3. The topological polar surface area (TPSA) is 88.2 Å². The van der Waals surface area contributed by atoms with Crippen molar-refractivity contribution in [2.24, 2.45) is 0 Å². The molecule has 3 heterocycles. The second-order valence-corrected chi connectivity index (χ2v) is 9.64. The summed E-state index contributed by atoms with van der Waals surface area (Å²) in [6.07, 6.45) is 2.28. The van der Waals surface area contributed by atoms with Gasteiger partial charge in [-0.2, -0.15) is 0 Å². The Kier molecular flexibility index (Phi) is 7.21. The van der Waals surface area contributed by atoms with Gasteiger partial charge in [-0.15, -0.1) is 0 Å². The van der Waals surface area contributed by atoms with Crippen molar-refractivity contribution in [1.82, 2.24) is 15.1 Å². The highest BCUT2D eigenvalue weighted by atomic mass is 19.1. The Bertz CT molecular complexity index is 1160. The zero-order chi connectivity index (χ0) is 26.0. The molecule has 0 bridgehead atoms. The zero-order valence-electron chi connectivity index (χ0n) is 20.3. The summed E-state index contributed by atoms with van der Waals surface area (Å²) >= 11 is 0. The van der Waals surface area contributed by atoms with Crippen LogP contribution >= 0.6 is 0 Å². The lowest BCUT2D eigenvalue weighted by molar-refractivity contribution is -0.128. The Morgan fingerprint density at radius 3 is 2.41 bits per heavy atom. The molecular weight excluding hydrogens is 484 g/mol. The van der Waals surface area contributed by atoms with Crippen LogP contribution < -0.4 is 5.32 Å². The number of amides is 3. The van der Waals surface area contributed by atoms with Crippen LogP contribution in [0.5, 0.6) is 0 Å². The number of nitrogens with one attached hydrogen (secondary N) is 1. The van der Waals surface area contributed by atoms with Gasteiger partial charge in [-0.05, 0) is 55.3 Å². The minimum Gasteiger partial charge on any atom is -0.376 e. The number of piperidine rings is 1. The van der Waals surface area contributed by atoms with E-state index in [4.69, 9.17) is 9.47 Å². The van der Waals surface area contributed by atoms with Crippen molar-refractivity contribution in [1.29, 1.82) is 0 Å². The standard InChI is InChI=1S/C27H29F2N3O5/c28-20-8-6-18(7-9-20)25(34)31-12-10-27(11-13-31)32(26(35)19-3-1-4-21(29)15-19)23(17-37-27)24(33)30-16-22-5-2-14-36-22/h1,3-4,6-9,15,22-23H,2,5,10-14,16-17H2,(H,30,33)/t22-,23-/m0/s1. The Morgan fingerprint density at radius 1 is 0.973 bits per heavy atom. The molecule has 0 aromatic heterocycles. The van der Waals surface area contributed by atoms with Gasteiger partial charge in [0.15, 0.2) is 0 Å². The third-order valence-electron chi connectivity index (χ3n) is 7.30.